The zero-order valence-corrected chi connectivity index (χ0v) is 21.0. The number of fused-ring (bicyclic) bond motifs is 1. The highest BCUT2D eigenvalue weighted by Crippen LogP contribution is 2.31. The lowest BCUT2D eigenvalue weighted by atomic mass is 10.0. The number of halogens is 2. The third-order valence-electron chi connectivity index (χ3n) is 5.08. The molecule has 180 valence electrons. The highest BCUT2D eigenvalue weighted by atomic mass is 35.5. The van der Waals surface area contributed by atoms with Gasteiger partial charge in [0.2, 0.25) is 0 Å². The third-order valence-corrected chi connectivity index (χ3v) is 7.27. The summed E-state index contributed by atoms with van der Waals surface area (Å²) >= 11 is 12.1. The molecule has 0 fully saturated rings. The number of rotatable bonds is 9. The molecule has 0 aliphatic heterocycles. The van der Waals surface area contributed by atoms with Crippen LogP contribution < -0.4 is 9.62 Å². The molecular formula is C24H24Cl2N2O5S. The number of hydrogen-bond donors (Lipinski definition) is 1. The number of nitrogens with zero attached hydrogens (tertiary/aromatic N) is 1. The molecule has 0 aliphatic rings. The minimum absolute atomic E-state index is 0.144. The van der Waals surface area contributed by atoms with Crippen molar-refractivity contribution in [2.45, 2.75) is 24.7 Å². The Kier molecular flexibility index (Phi) is 8.41. The van der Waals surface area contributed by atoms with Crippen molar-refractivity contribution >= 4 is 61.6 Å². The number of hydrogen-bond acceptors (Lipinski definition) is 5. The maximum atomic E-state index is 13.6. The quantitative estimate of drug-likeness (QED) is 0.313. The molecule has 0 atom stereocenters. The Morgan fingerprint density at radius 1 is 1.03 bits per heavy atom. The molecular weight excluding hydrogens is 499 g/mol. The molecule has 0 heterocycles. The molecule has 0 radical (unpaired) electrons. The van der Waals surface area contributed by atoms with Gasteiger partial charge in [0.15, 0.2) is 0 Å². The molecule has 1 amide bonds. The second kappa shape index (κ2) is 11.1. The van der Waals surface area contributed by atoms with Crippen molar-refractivity contribution in [1.82, 2.24) is 5.32 Å². The van der Waals surface area contributed by atoms with E-state index in [2.05, 4.69) is 5.32 Å². The summed E-state index contributed by atoms with van der Waals surface area (Å²) in [5.74, 6) is -0.958. The number of sulfonamides is 1. The first-order valence-electron chi connectivity index (χ1n) is 10.6. The molecule has 0 aromatic heterocycles. The molecule has 0 bridgehead atoms. The van der Waals surface area contributed by atoms with Crippen LogP contribution in [0.4, 0.5) is 5.69 Å². The largest absolute Gasteiger partial charge is 0.464 e. The van der Waals surface area contributed by atoms with Crippen molar-refractivity contribution in [2.75, 3.05) is 24.5 Å². The Bertz CT molecular complexity index is 1310. The van der Waals surface area contributed by atoms with Gasteiger partial charge in [-0.3, -0.25) is 13.9 Å². The number of ether oxygens (including phenoxy) is 1. The summed E-state index contributed by atoms with van der Waals surface area (Å²) < 4.78 is 33.4. The molecule has 3 aromatic rings. The van der Waals surface area contributed by atoms with Crippen LogP contribution in [-0.4, -0.2) is 40.5 Å². The van der Waals surface area contributed by atoms with Crippen LogP contribution in [0.5, 0.6) is 0 Å². The molecule has 3 rings (SSSR count). The van der Waals surface area contributed by atoms with E-state index in [4.69, 9.17) is 27.9 Å². The van der Waals surface area contributed by atoms with Gasteiger partial charge in [-0.1, -0.05) is 54.7 Å². The van der Waals surface area contributed by atoms with E-state index in [-0.39, 0.29) is 33.1 Å². The van der Waals surface area contributed by atoms with Crippen molar-refractivity contribution < 1.29 is 22.7 Å². The summed E-state index contributed by atoms with van der Waals surface area (Å²) in [5, 5.41) is 4.14. The van der Waals surface area contributed by atoms with Gasteiger partial charge in [-0.2, -0.15) is 0 Å². The van der Waals surface area contributed by atoms with Crippen LogP contribution in [0.1, 0.15) is 30.1 Å². The summed E-state index contributed by atoms with van der Waals surface area (Å²) in [4.78, 5) is 24.6. The van der Waals surface area contributed by atoms with Gasteiger partial charge in [0, 0.05) is 22.7 Å². The number of anilines is 1. The molecule has 3 aromatic carbocycles. The molecule has 1 N–H and O–H groups in total. The number of benzene rings is 3. The van der Waals surface area contributed by atoms with E-state index in [1.165, 1.54) is 31.3 Å². The minimum atomic E-state index is -4.24. The molecule has 0 saturated carbocycles. The number of unbranched alkanes of at least 4 members (excludes halogenated alkanes) is 1. The second-order valence-corrected chi connectivity index (χ2v) is 10.2. The van der Waals surface area contributed by atoms with Crippen LogP contribution in [0.15, 0.2) is 59.5 Å². The zero-order chi connectivity index (χ0) is 24.9. The fourth-order valence-corrected chi connectivity index (χ4v) is 5.50. The van der Waals surface area contributed by atoms with Crippen molar-refractivity contribution in [3.05, 3.63) is 70.2 Å². The molecule has 0 unspecified atom stereocenters. The second-order valence-electron chi connectivity index (χ2n) is 7.48. The molecule has 10 heteroatoms. The van der Waals surface area contributed by atoms with Crippen molar-refractivity contribution in [2.24, 2.45) is 0 Å². The van der Waals surface area contributed by atoms with E-state index < -0.39 is 22.5 Å². The van der Waals surface area contributed by atoms with Crippen LogP contribution in [0.3, 0.4) is 0 Å². The van der Waals surface area contributed by atoms with Gasteiger partial charge in [-0.25, -0.2) is 8.42 Å². The number of nitrogens with one attached hydrogen (secondary N) is 1. The topological polar surface area (TPSA) is 92.8 Å². The lowest BCUT2D eigenvalue weighted by Gasteiger charge is -2.24. The predicted octanol–water partition coefficient (Wildman–Crippen LogP) is 5.04. The number of amides is 1. The van der Waals surface area contributed by atoms with Crippen LogP contribution in [0, 0.1) is 0 Å². The molecule has 0 aliphatic carbocycles. The summed E-state index contributed by atoms with van der Waals surface area (Å²) in [7, 11) is -2.71. The van der Waals surface area contributed by atoms with Gasteiger partial charge in [0.05, 0.1) is 17.2 Å². The highest BCUT2D eigenvalue weighted by Gasteiger charge is 2.29. The van der Waals surface area contributed by atoms with Gasteiger partial charge in [-0.05, 0) is 53.6 Å². The molecule has 0 saturated heterocycles. The number of carbonyl (C=O) groups excluding carboxylic acids is 2. The average Bonchev–Trinajstić information content (AvgIpc) is 2.80. The maximum Gasteiger partial charge on any atom is 0.326 e. The Morgan fingerprint density at radius 2 is 1.74 bits per heavy atom. The lowest BCUT2D eigenvalue weighted by Crippen LogP contribution is -2.36. The Labute approximate surface area is 208 Å². The lowest BCUT2D eigenvalue weighted by molar-refractivity contribution is -0.141. The monoisotopic (exact) mass is 522 g/mol. The predicted molar refractivity (Wildman–Crippen MR) is 134 cm³/mol. The normalized spacial score (nSPS) is 11.3. The number of carbonyl (C=O) groups is 2. The van der Waals surface area contributed by atoms with E-state index in [1.54, 1.807) is 30.3 Å². The molecule has 34 heavy (non-hydrogen) atoms. The fraction of sp³-hybridized carbons (Fsp3) is 0.250. The first-order valence-corrected chi connectivity index (χ1v) is 12.8. The fourth-order valence-electron chi connectivity index (χ4n) is 3.37. The van der Waals surface area contributed by atoms with E-state index in [1.807, 2.05) is 6.92 Å². The van der Waals surface area contributed by atoms with Gasteiger partial charge in [0.1, 0.15) is 6.54 Å². The first-order chi connectivity index (χ1) is 16.2. The van der Waals surface area contributed by atoms with Crippen LogP contribution in [0.25, 0.3) is 10.8 Å². The van der Waals surface area contributed by atoms with Crippen LogP contribution in [0.2, 0.25) is 10.0 Å². The summed E-state index contributed by atoms with van der Waals surface area (Å²) in [6, 6.07) is 13.9. The van der Waals surface area contributed by atoms with Gasteiger partial charge in [-0.15, -0.1) is 0 Å². The Balaban J connectivity index is 2.10. The van der Waals surface area contributed by atoms with Crippen molar-refractivity contribution in [3.8, 4) is 0 Å². The van der Waals surface area contributed by atoms with Crippen molar-refractivity contribution in [3.63, 3.8) is 0 Å². The van der Waals surface area contributed by atoms with Crippen LogP contribution in [-0.2, 0) is 19.6 Å². The Morgan fingerprint density at radius 3 is 2.38 bits per heavy atom. The van der Waals surface area contributed by atoms with E-state index in [0.29, 0.717) is 22.8 Å². The van der Waals surface area contributed by atoms with Crippen LogP contribution >= 0.6 is 23.2 Å². The van der Waals surface area contributed by atoms with Gasteiger partial charge < -0.3 is 10.1 Å². The van der Waals surface area contributed by atoms with E-state index in [0.717, 1.165) is 10.7 Å². The zero-order valence-electron chi connectivity index (χ0n) is 18.7. The highest BCUT2D eigenvalue weighted by molar-refractivity contribution is 7.92. The maximum absolute atomic E-state index is 13.6. The van der Waals surface area contributed by atoms with Crippen molar-refractivity contribution in [1.29, 1.82) is 0 Å². The van der Waals surface area contributed by atoms with E-state index >= 15 is 0 Å². The number of esters is 1. The Hall–Kier alpha value is -2.81. The first kappa shape index (κ1) is 25.8. The van der Waals surface area contributed by atoms with Gasteiger partial charge in [0.25, 0.3) is 15.9 Å². The minimum Gasteiger partial charge on any atom is -0.464 e. The molecule has 7 nitrogen and oxygen atoms in total. The SMILES string of the molecule is CCCCOC(=O)CN(c1ccc2c(C(=O)NC)cccc2c1)S(=O)(=O)c1cc(Cl)cc(Cl)c1. The smallest absolute Gasteiger partial charge is 0.326 e. The molecule has 0 spiro atoms. The third kappa shape index (κ3) is 5.81. The average molecular weight is 523 g/mol. The summed E-state index contributed by atoms with van der Waals surface area (Å²) in [6.07, 6.45) is 1.50. The van der Waals surface area contributed by atoms with Gasteiger partial charge >= 0.3 is 5.97 Å². The summed E-state index contributed by atoms with van der Waals surface area (Å²) in [6.45, 7) is 1.60. The standard InChI is InChI=1S/C24H24Cl2N2O5S/c1-3-4-10-33-23(29)15-28(34(31,32)20-13-17(25)12-18(26)14-20)19-8-9-21-16(11-19)6-5-7-22(21)24(30)27-2/h5-9,11-14H,3-4,10,15H2,1-2H3,(H,27,30). The van der Waals surface area contributed by atoms with E-state index in [9.17, 15) is 18.0 Å². The summed E-state index contributed by atoms with van der Waals surface area (Å²) in [5.41, 5.74) is 0.673.